The zero-order valence-corrected chi connectivity index (χ0v) is 11.2. The molecule has 4 aliphatic rings. The molecule has 3 unspecified atom stereocenters. The molecular formula is C14H19N3O2. The van der Waals surface area contributed by atoms with E-state index in [0.717, 1.165) is 38.0 Å². The predicted octanol–water partition coefficient (Wildman–Crippen LogP) is 1.70. The van der Waals surface area contributed by atoms with Crippen LogP contribution in [0.25, 0.3) is 0 Å². The summed E-state index contributed by atoms with van der Waals surface area (Å²) in [7, 11) is 0. The summed E-state index contributed by atoms with van der Waals surface area (Å²) in [6, 6.07) is 0. The molecule has 4 saturated carbocycles. The molecule has 1 aromatic heterocycles. The van der Waals surface area contributed by atoms with Gasteiger partial charge in [-0.3, -0.25) is 4.79 Å². The molecule has 5 nitrogen and oxygen atoms in total. The van der Waals surface area contributed by atoms with E-state index in [-0.39, 0.29) is 16.7 Å². The van der Waals surface area contributed by atoms with Crippen molar-refractivity contribution in [3.8, 4) is 0 Å². The molecule has 5 rings (SSSR count). The summed E-state index contributed by atoms with van der Waals surface area (Å²) < 4.78 is 5.46. The van der Waals surface area contributed by atoms with E-state index in [2.05, 4.69) is 10.1 Å². The van der Waals surface area contributed by atoms with E-state index in [9.17, 15) is 4.79 Å². The first-order valence-electron chi connectivity index (χ1n) is 7.12. The minimum Gasteiger partial charge on any atom is -0.369 e. The highest BCUT2D eigenvalue weighted by atomic mass is 16.5. The first-order valence-corrected chi connectivity index (χ1v) is 7.12. The fourth-order valence-corrected chi connectivity index (χ4v) is 5.31. The Labute approximate surface area is 111 Å². The van der Waals surface area contributed by atoms with Crippen molar-refractivity contribution >= 4 is 5.91 Å². The summed E-state index contributed by atoms with van der Waals surface area (Å²) in [5.41, 5.74) is 5.33. The Balaban J connectivity index is 1.80. The van der Waals surface area contributed by atoms with Gasteiger partial charge in [0.15, 0.2) is 5.82 Å². The van der Waals surface area contributed by atoms with Gasteiger partial charge in [-0.05, 0) is 57.3 Å². The molecule has 19 heavy (non-hydrogen) atoms. The molecule has 4 aliphatic carbocycles. The van der Waals surface area contributed by atoms with Crippen LogP contribution < -0.4 is 5.73 Å². The van der Waals surface area contributed by atoms with Gasteiger partial charge in [0.2, 0.25) is 11.8 Å². The summed E-state index contributed by atoms with van der Waals surface area (Å²) in [4.78, 5) is 16.4. The third kappa shape index (κ3) is 1.44. The Kier molecular flexibility index (Phi) is 2.03. The van der Waals surface area contributed by atoms with Gasteiger partial charge in [-0.25, -0.2) is 0 Å². The quantitative estimate of drug-likeness (QED) is 0.878. The lowest BCUT2D eigenvalue weighted by atomic mass is 9.44. The minimum absolute atomic E-state index is 0.0830. The molecule has 0 aromatic carbocycles. The smallest absolute Gasteiger partial charge is 0.232 e. The van der Waals surface area contributed by atoms with E-state index < -0.39 is 0 Å². The molecule has 0 spiro atoms. The van der Waals surface area contributed by atoms with Crippen LogP contribution in [-0.4, -0.2) is 16.0 Å². The number of carbonyl (C=O) groups excluding carboxylic acids is 1. The van der Waals surface area contributed by atoms with Gasteiger partial charge in [0.1, 0.15) is 0 Å². The number of nitrogens with two attached hydrogens (primary N) is 1. The third-order valence-corrected chi connectivity index (χ3v) is 5.57. The summed E-state index contributed by atoms with van der Waals surface area (Å²) in [5.74, 6) is 2.49. The number of rotatable bonds is 2. The van der Waals surface area contributed by atoms with E-state index in [0.29, 0.717) is 17.7 Å². The van der Waals surface area contributed by atoms with Crippen molar-refractivity contribution in [1.82, 2.24) is 10.1 Å². The van der Waals surface area contributed by atoms with Crippen LogP contribution in [0.5, 0.6) is 0 Å². The van der Waals surface area contributed by atoms with E-state index in [1.165, 1.54) is 6.42 Å². The van der Waals surface area contributed by atoms with Crippen molar-refractivity contribution in [2.75, 3.05) is 0 Å². The number of hydrogen-bond acceptors (Lipinski definition) is 4. The van der Waals surface area contributed by atoms with Crippen LogP contribution >= 0.6 is 0 Å². The average Bonchev–Trinajstić information content (AvgIpc) is 2.74. The Bertz CT molecular complexity index is 537. The highest BCUT2D eigenvalue weighted by Crippen LogP contribution is 2.65. The first-order chi connectivity index (χ1) is 9.01. The van der Waals surface area contributed by atoms with E-state index in [4.69, 9.17) is 10.3 Å². The molecule has 4 atom stereocenters. The van der Waals surface area contributed by atoms with Crippen molar-refractivity contribution in [3.63, 3.8) is 0 Å². The first kappa shape index (κ1) is 11.4. The van der Waals surface area contributed by atoms with E-state index >= 15 is 0 Å². The molecule has 0 aliphatic heterocycles. The lowest BCUT2D eigenvalue weighted by molar-refractivity contribution is -0.147. The molecule has 4 fully saturated rings. The molecule has 1 aromatic rings. The number of aryl methyl sites for hydroxylation is 1. The second kappa shape index (κ2) is 3.38. The molecule has 2 N–H and O–H groups in total. The maximum absolute atomic E-state index is 12.0. The second-order valence-electron chi connectivity index (χ2n) is 7.03. The van der Waals surface area contributed by atoms with Crippen LogP contribution in [0.3, 0.4) is 0 Å². The fourth-order valence-electron chi connectivity index (χ4n) is 5.31. The van der Waals surface area contributed by atoms with Crippen LogP contribution in [0.1, 0.15) is 50.2 Å². The van der Waals surface area contributed by atoms with Crippen LogP contribution in [0.2, 0.25) is 0 Å². The highest BCUT2D eigenvalue weighted by Gasteiger charge is 2.62. The molecular weight excluding hydrogens is 242 g/mol. The zero-order chi connectivity index (χ0) is 13.3. The summed E-state index contributed by atoms with van der Waals surface area (Å²) in [6.45, 7) is 1.84. The van der Waals surface area contributed by atoms with Gasteiger partial charge < -0.3 is 10.3 Å². The topological polar surface area (TPSA) is 82.0 Å². The van der Waals surface area contributed by atoms with Crippen molar-refractivity contribution in [1.29, 1.82) is 0 Å². The standard InChI is InChI=1S/C14H19N3O2/c1-8-16-12(19-17-8)14-5-9-2-10(6-14)4-13(3-9,7-14)11(15)18/h9-10H,2-7H2,1H3,(H2,15,18)/t9-,10?,13?,14?/m0/s1. The average molecular weight is 261 g/mol. The van der Waals surface area contributed by atoms with Gasteiger partial charge in [0.25, 0.3) is 0 Å². The lowest BCUT2D eigenvalue weighted by Crippen LogP contribution is -2.58. The Morgan fingerprint density at radius 1 is 1.32 bits per heavy atom. The van der Waals surface area contributed by atoms with Crippen molar-refractivity contribution in [3.05, 3.63) is 11.7 Å². The number of nitrogens with zero attached hydrogens (tertiary/aromatic N) is 2. The van der Waals surface area contributed by atoms with Crippen molar-refractivity contribution < 1.29 is 9.32 Å². The van der Waals surface area contributed by atoms with E-state index in [1.54, 1.807) is 0 Å². The van der Waals surface area contributed by atoms with Crippen LogP contribution in [0, 0.1) is 24.2 Å². The number of hydrogen-bond donors (Lipinski definition) is 1. The van der Waals surface area contributed by atoms with Gasteiger partial charge >= 0.3 is 0 Å². The predicted molar refractivity (Wildman–Crippen MR) is 67.0 cm³/mol. The molecule has 0 saturated heterocycles. The molecule has 1 amide bonds. The maximum atomic E-state index is 12.0. The van der Waals surface area contributed by atoms with Gasteiger partial charge in [-0.2, -0.15) is 4.98 Å². The van der Waals surface area contributed by atoms with Crippen molar-refractivity contribution in [2.24, 2.45) is 23.0 Å². The van der Waals surface area contributed by atoms with Crippen LogP contribution in [0.15, 0.2) is 4.52 Å². The number of aromatic nitrogens is 2. The van der Waals surface area contributed by atoms with Crippen molar-refractivity contribution in [2.45, 2.75) is 50.9 Å². The van der Waals surface area contributed by atoms with E-state index in [1.807, 2.05) is 6.92 Å². The second-order valence-corrected chi connectivity index (χ2v) is 7.03. The fraction of sp³-hybridized carbons (Fsp3) is 0.786. The monoisotopic (exact) mass is 261 g/mol. The van der Waals surface area contributed by atoms with Gasteiger partial charge in [0.05, 0.1) is 10.8 Å². The molecule has 102 valence electrons. The zero-order valence-electron chi connectivity index (χ0n) is 11.2. The van der Waals surface area contributed by atoms with Crippen LogP contribution in [0.4, 0.5) is 0 Å². The SMILES string of the molecule is Cc1noc(C23CC4C[C@@H](CC(C(N)=O)(C4)C2)C3)n1. The molecule has 0 radical (unpaired) electrons. The third-order valence-electron chi connectivity index (χ3n) is 5.57. The molecule has 5 heteroatoms. The molecule has 1 heterocycles. The van der Waals surface area contributed by atoms with Gasteiger partial charge in [0, 0.05) is 0 Å². The maximum Gasteiger partial charge on any atom is 0.232 e. The lowest BCUT2D eigenvalue weighted by Gasteiger charge is -2.59. The van der Waals surface area contributed by atoms with Gasteiger partial charge in [-0.1, -0.05) is 5.16 Å². The van der Waals surface area contributed by atoms with Crippen LogP contribution in [-0.2, 0) is 10.2 Å². The van der Waals surface area contributed by atoms with Gasteiger partial charge in [-0.15, -0.1) is 0 Å². The molecule has 4 bridgehead atoms. The minimum atomic E-state index is -0.313. The summed E-state index contributed by atoms with van der Waals surface area (Å²) in [6.07, 6.45) is 6.15. The largest absolute Gasteiger partial charge is 0.369 e. The Morgan fingerprint density at radius 3 is 2.53 bits per heavy atom. The summed E-state index contributed by atoms with van der Waals surface area (Å²) >= 11 is 0. The normalized spacial score (nSPS) is 43.6. The Hall–Kier alpha value is -1.39. The number of amides is 1. The number of carbonyl (C=O) groups is 1. The number of primary amides is 1. The highest BCUT2D eigenvalue weighted by molar-refractivity contribution is 5.81. The Morgan fingerprint density at radius 2 is 2.00 bits per heavy atom. The summed E-state index contributed by atoms with van der Waals surface area (Å²) in [5, 5.41) is 3.94.